The Balaban J connectivity index is 1.89. The molecule has 2 aromatic rings. The summed E-state index contributed by atoms with van der Waals surface area (Å²) in [6.07, 6.45) is 1.25. The molecule has 1 aromatic carbocycles. The van der Waals surface area contributed by atoms with Crippen molar-refractivity contribution in [3.05, 3.63) is 39.3 Å². The number of phenolic OH excluding ortho intramolecular Hbond substituents is 1. The number of carbonyl (C=O) groups is 1. The van der Waals surface area contributed by atoms with Gasteiger partial charge in [0.2, 0.25) is 0 Å². The number of ether oxygens (including phenoxy) is 1. The van der Waals surface area contributed by atoms with E-state index in [0.717, 1.165) is 45.0 Å². The number of likely N-dealkylation sites (N-methyl/N-ethyl adjacent to an activating group) is 1. The second-order valence-electron chi connectivity index (χ2n) is 7.83. The highest BCUT2D eigenvalue weighted by atomic mass is 16.5. The van der Waals surface area contributed by atoms with E-state index < -0.39 is 5.60 Å². The second kappa shape index (κ2) is 6.59. The number of phenols is 1. The molecule has 0 radical (unpaired) electrons. The summed E-state index contributed by atoms with van der Waals surface area (Å²) in [6, 6.07) is 0. The molecule has 6 nitrogen and oxygen atoms in total. The zero-order valence-corrected chi connectivity index (χ0v) is 17.2. The molecule has 0 fully saturated rings. The van der Waals surface area contributed by atoms with Crippen LogP contribution in [0.5, 0.6) is 11.5 Å². The zero-order chi connectivity index (χ0) is 20.1. The molecule has 0 saturated carbocycles. The van der Waals surface area contributed by atoms with E-state index in [0.29, 0.717) is 25.1 Å². The van der Waals surface area contributed by atoms with Gasteiger partial charge in [-0.2, -0.15) is 0 Å². The number of amides is 1. The van der Waals surface area contributed by atoms with Crippen LogP contribution >= 0.6 is 0 Å². The third-order valence-corrected chi connectivity index (χ3v) is 5.90. The quantitative estimate of drug-likeness (QED) is 0.890. The average Bonchev–Trinajstić information content (AvgIpc) is 2.95. The van der Waals surface area contributed by atoms with Crippen LogP contribution in [0.2, 0.25) is 0 Å². The number of aromatic nitrogens is 1. The number of nitrogens with zero attached hydrogens (tertiary/aromatic N) is 2. The summed E-state index contributed by atoms with van der Waals surface area (Å²) in [5.41, 5.74) is 4.30. The summed E-state index contributed by atoms with van der Waals surface area (Å²) in [5, 5.41) is 14.3. The van der Waals surface area contributed by atoms with Gasteiger partial charge in [0, 0.05) is 24.6 Å². The van der Waals surface area contributed by atoms with E-state index >= 15 is 0 Å². The number of aromatic hydroxyl groups is 1. The SMILES string of the molecule is Cc1noc(C)c1CN(C)C(=O)[C@@]1(C)CCc2c(C)c(O)c(C)c(C)c2O1. The lowest BCUT2D eigenvalue weighted by Crippen LogP contribution is -2.51. The van der Waals surface area contributed by atoms with Crippen molar-refractivity contribution in [2.24, 2.45) is 0 Å². The number of fused-ring (bicyclic) bond motifs is 1. The molecule has 0 spiro atoms. The molecule has 0 saturated heterocycles. The maximum Gasteiger partial charge on any atom is 0.266 e. The number of hydrogen-bond acceptors (Lipinski definition) is 5. The van der Waals surface area contributed by atoms with Crippen LogP contribution in [0.1, 0.15) is 52.6 Å². The van der Waals surface area contributed by atoms with Crippen molar-refractivity contribution < 1.29 is 19.2 Å². The summed E-state index contributed by atoms with van der Waals surface area (Å²) in [6.45, 7) is 11.7. The first-order valence-electron chi connectivity index (χ1n) is 9.24. The van der Waals surface area contributed by atoms with Crippen molar-refractivity contribution in [2.45, 2.75) is 66.5 Å². The molecular formula is C21H28N2O4. The van der Waals surface area contributed by atoms with Gasteiger partial charge in [-0.1, -0.05) is 5.16 Å². The fourth-order valence-electron chi connectivity index (χ4n) is 3.84. The zero-order valence-electron chi connectivity index (χ0n) is 17.2. The summed E-state index contributed by atoms with van der Waals surface area (Å²) < 4.78 is 11.5. The van der Waals surface area contributed by atoms with Crippen LogP contribution in [0.4, 0.5) is 0 Å². The van der Waals surface area contributed by atoms with Crippen LogP contribution in [-0.4, -0.2) is 33.7 Å². The molecule has 0 unspecified atom stereocenters. The monoisotopic (exact) mass is 372 g/mol. The Labute approximate surface area is 160 Å². The fraction of sp³-hybridized carbons (Fsp3) is 0.524. The van der Waals surface area contributed by atoms with E-state index in [1.54, 1.807) is 11.9 Å². The Morgan fingerprint density at radius 3 is 2.44 bits per heavy atom. The Bertz CT molecular complexity index is 896. The van der Waals surface area contributed by atoms with Crippen LogP contribution < -0.4 is 4.74 Å². The van der Waals surface area contributed by atoms with Gasteiger partial charge in [-0.3, -0.25) is 4.79 Å². The van der Waals surface area contributed by atoms with E-state index in [1.807, 2.05) is 41.5 Å². The number of rotatable bonds is 3. The highest BCUT2D eigenvalue weighted by Gasteiger charge is 2.42. The normalized spacial score (nSPS) is 18.8. The van der Waals surface area contributed by atoms with Gasteiger partial charge in [-0.05, 0) is 64.7 Å². The topological polar surface area (TPSA) is 75.8 Å². The molecule has 27 heavy (non-hydrogen) atoms. The maximum absolute atomic E-state index is 13.2. The first-order chi connectivity index (χ1) is 12.6. The lowest BCUT2D eigenvalue weighted by atomic mass is 9.86. The molecule has 146 valence electrons. The van der Waals surface area contributed by atoms with E-state index in [1.165, 1.54) is 0 Å². The summed E-state index contributed by atoms with van der Waals surface area (Å²) in [4.78, 5) is 14.9. The minimum atomic E-state index is -0.943. The van der Waals surface area contributed by atoms with Crippen molar-refractivity contribution in [1.82, 2.24) is 10.1 Å². The van der Waals surface area contributed by atoms with E-state index in [9.17, 15) is 9.90 Å². The van der Waals surface area contributed by atoms with Gasteiger partial charge in [0.05, 0.1) is 12.2 Å². The Morgan fingerprint density at radius 1 is 1.19 bits per heavy atom. The van der Waals surface area contributed by atoms with Crippen LogP contribution in [0.25, 0.3) is 0 Å². The van der Waals surface area contributed by atoms with Crippen LogP contribution in [-0.2, 0) is 17.8 Å². The van der Waals surface area contributed by atoms with Gasteiger partial charge < -0.3 is 19.3 Å². The molecule has 1 aliphatic heterocycles. The highest BCUT2D eigenvalue weighted by Crippen LogP contribution is 2.43. The van der Waals surface area contributed by atoms with E-state index in [-0.39, 0.29) is 5.91 Å². The van der Waals surface area contributed by atoms with Gasteiger partial charge in [0.15, 0.2) is 5.60 Å². The largest absolute Gasteiger partial charge is 0.507 e. The summed E-state index contributed by atoms with van der Waals surface area (Å²) in [5.74, 6) is 1.71. The van der Waals surface area contributed by atoms with Gasteiger partial charge in [-0.25, -0.2) is 0 Å². The lowest BCUT2D eigenvalue weighted by molar-refractivity contribution is -0.147. The molecule has 0 bridgehead atoms. The smallest absolute Gasteiger partial charge is 0.266 e. The molecule has 1 aliphatic rings. The highest BCUT2D eigenvalue weighted by molar-refractivity contribution is 5.85. The molecular weight excluding hydrogens is 344 g/mol. The van der Waals surface area contributed by atoms with Crippen LogP contribution in [0.15, 0.2) is 4.52 Å². The predicted octanol–water partition coefficient (Wildman–Crippen LogP) is 3.66. The molecule has 1 aromatic heterocycles. The molecule has 0 aliphatic carbocycles. The Kier molecular flexibility index (Phi) is 4.70. The fourth-order valence-corrected chi connectivity index (χ4v) is 3.84. The summed E-state index contributed by atoms with van der Waals surface area (Å²) >= 11 is 0. The van der Waals surface area contributed by atoms with Crippen molar-refractivity contribution in [3.63, 3.8) is 0 Å². The van der Waals surface area contributed by atoms with Gasteiger partial charge >= 0.3 is 0 Å². The average molecular weight is 372 g/mol. The van der Waals surface area contributed by atoms with Crippen molar-refractivity contribution >= 4 is 5.91 Å². The van der Waals surface area contributed by atoms with Gasteiger partial charge in [-0.15, -0.1) is 0 Å². The number of benzene rings is 1. The minimum Gasteiger partial charge on any atom is -0.507 e. The molecule has 3 rings (SSSR count). The third-order valence-electron chi connectivity index (χ3n) is 5.90. The molecule has 1 amide bonds. The predicted molar refractivity (Wildman–Crippen MR) is 102 cm³/mol. The minimum absolute atomic E-state index is 0.0732. The van der Waals surface area contributed by atoms with E-state index in [4.69, 9.17) is 9.26 Å². The third kappa shape index (κ3) is 3.07. The number of carbonyl (C=O) groups excluding carboxylic acids is 1. The summed E-state index contributed by atoms with van der Waals surface area (Å²) in [7, 11) is 1.78. The first kappa shape index (κ1) is 19.3. The second-order valence-corrected chi connectivity index (χ2v) is 7.83. The van der Waals surface area contributed by atoms with E-state index in [2.05, 4.69) is 5.16 Å². The lowest BCUT2D eigenvalue weighted by Gasteiger charge is -2.38. The molecule has 1 N–H and O–H groups in total. The first-order valence-corrected chi connectivity index (χ1v) is 9.24. The van der Waals surface area contributed by atoms with Crippen molar-refractivity contribution in [3.8, 4) is 11.5 Å². The molecule has 6 heteroatoms. The van der Waals surface area contributed by atoms with Crippen LogP contribution in [0, 0.1) is 34.6 Å². The maximum atomic E-state index is 13.2. The standard InChI is InChI=1S/C21H28N2O4/c1-11-12(2)19-16(13(3)18(11)24)8-9-21(6,26-19)20(25)23(7)10-17-14(4)22-27-15(17)5/h24H,8-10H2,1-7H3/t21-/m1/s1. The van der Waals surface area contributed by atoms with Crippen molar-refractivity contribution in [2.75, 3.05) is 7.05 Å². The Morgan fingerprint density at radius 2 is 1.85 bits per heavy atom. The van der Waals surface area contributed by atoms with Gasteiger partial charge in [0.25, 0.3) is 5.91 Å². The number of hydrogen-bond donors (Lipinski definition) is 1. The van der Waals surface area contributed by atoms with Crippen LogP contribution in [0.3, 0.4) is 0 Å². The van der Waals surface area contributed by atoms with Gasteiger partial charge in [0.1, 0.15) is 17.3 Å². The molecule has 2 heterocycles. The number of aryl methyl sites for hydroxylation is 2. The molecule has 1 atom stereocenters. The van der Waals surface area contributed by atoms with Crippen molar-refractivity contribution in [1.29, 1.82) is 0 Å². The Hall–Kier alpha value is -2.50.